The number of sulfonamides is 1. The third-order valence-corrected chi connectivity index (χ3v) is 6.65. The van der Waals surface area contributed by atoms with E-state index in [0.29, 0.717) is 5.69 Å². The molecule has 0 bridgehead atoms. The molecule has 0 aliphatic carbocycles. The summed E-state index contributed by atoms with van der Waals surface area (Å²) in [6.45, 7) is 7.45. The van der Waals surface area contributed by atoms with E-state index < -0.39 is 22.6 Å². The number of rotatable bonds is 9. The molecule has 1 N–H and O–H groups in total. The molecule has 0 unspecified atom stereocenters. The highest BCUT2D eigenvalue weighted by atomic mass is 32.2. The molecular weight excluding hydrogens is 404 g/mol. The first kappa shape index (κ1) is 23.4. The molecule has 0 radical (unpaired) electrons. The number of nitrogens with one attached hydrogen (secondary N) is 1. The van der Waals surface area contributed by atoms with Gasteiger partial charge >= 0.3 is 5.97 Å². The number of carbonyl (C=O) groups is 2. The SMILES string of the molecule is CCN(c1ccccc1)S(=O)(=O)c1ccc(C(=O)OCC(=O)N[C@@H](C)C(C)C)cc1. The Hall–Kier alpha value is -2.87. The van der Waals surface area contributed by atoms with Gasteiger partial charge in [0.1, 0.15) is 0 Å². The lowest BCUT2D eigenvalue weighted by Gasteiger charge is -2.23. The van der Waals surface area contributed by atoms with Gasteiger partial charge < -0.3 is 10.1 Å². The van der Waals surface area contributed by atoms with Crippen molar-refractivity contribution in [1.82, 2.24) is 5.32 Å². The Balaban J connectivity index is 2.06. The average molecular weight is 433 g/mol. The van der Waals surface area contributed by atoms with Crippen LogP contribution in [0.15, 0.2) is 59.5 Å². The van der Waals surface area contributed by atoms with Gasteiger partial charge in [0.05, 0.1) is 16.1 Å². The first-order valence-electron chi connectivity index (χ1n) is 9.81. The smallest absolute Gasteiger partial charge is 0.338 e. The van der Waals surface area contributed by atoms with E-state index in [1.807, 2.05) is 26.8 Å². The van der Waals surface area contributed by atoms with E-state index in [2.05, 4.69) is 5.32 Å². The number of esters is 1. The van der Waals surface area contributed by atoms with Crippen molar-refractivity contribution < 1.29 is 22.7 Å². The van der Waals surface area contributed by atoms with Gasteiger partial charge in [-0.3, -0.25) is 9.10 Å². The number of amides is 1. The molecule has 1 amide bonds. The number of para-hydroxylation sites is 1. The molecule has 0 heterocycles. The minimum atomic E-state index is -3.78. The zero-order valence-corrected chi connectivity index (χ0v) is 18.5. The highest BCUT2D eigenvalue weighted by Crippen LogP contribution is 2.23. The largest absolute Gasteiger partial charge is 0.452 e. The number of hydrogen-bond donors (Lipinski definition) is 1. The van der Waals surface area contributed by atoms with Gasteiger partial charge in [0.25, 0.3) is 15.9 Å². The van der Waals surface area contributed by atoms with Gasteiger partial charge in [-0.2, -0.15) is 0 Å². The second-order valence-electron chi connectivity index (χ2n) is 7.21. The standard InChI is InChI=1S/C22H28N2O5S/c1-5-24(19-9-7-6-8-10-19)30(27,28)20-13-11-18(12-14-20)22(26)29-15-21(25)23-17(4)16(2)3/h6-14,16-17H,5,15H2,1-4H3,(H,23,25)/t17-/m0/s1. The lowest BCUT2D eigenvalue weighted by atomic mass is 10.1. The zero-order chi connectivity index (χ0) is 22.3. The van der Waals surface area contributed by atoms with Gasteiger partial charge in [0.2, 0.25) is 0 Å². The molecule has 0 fully saturated rings. The van der Waals surface area contributed by atoms with Crippen LogP contribution in [0, 0.1) is 5.92 Å². The lowest BCUT2D eigenvalue weighted by molar-refractivity contribution is -0.125. The Morgan fingerprint density at radius 2 is 1.60 bits per heavy atom. The molecule has 8 heteroatoms. The Morgan fingerprint density at radius 1 is 1.00 bits per heavy atom. The quantitative estimate of drug-likeness (QED) is 0.614. The minimum Gasteiger partial charge on any atom is -0.452 e. The normalized spacial score (nSPS) is 12.3. The molecule has 1 atom stereocenters. The van der Waals surface area contributed by atoms with Crippen LogP contribution in [0.1, 0.15) is 38.1 Å². The van der Waals surface area contributed by atoms with Gasteiger partial charge in [-0.05, 0) is 56.2 Å². The summed E-state index contributed by atoms with van der Waals surface area (Å²) in [6, 6.07) is 14.2. The maximum Gasteiger partial charge on any atom is 0.338 e. The second-order valence-corrected chi connectivity index (χ2v) is 9.07. The zero-order valence-electron chi connectivity index (χ0n) is 17.7. The van der Waals surface area contributed by atoms with E-state index in [1.165, 1.54) is 28.6 Å². The van der Waals surface area contributed by atoms with Crippen LogP contribution in [-0.4, -0.2) is 39.5 Å². The minimum absolute atomic E-state index is 0.0354. The number of benzene rings is 2. The molecule has 0 saturated carbocycles. The van der Waals surface area contributed by atoms with E-state index in [4.69, 9.17) is 4.74 Å². The van der Waals surface area contributed by atoms with Crippen molar-refractivity contribution in [3.05, 3.63) is 60.2 Å². The average Bonchev–Trinajstić information content (AvgIpc) is 2.73. The van der Waals surface area contributed by atoms with Crippen molar-refractivity contribution >= 4 is 27.6 Å². The molecule has 0 aliphatic heterocycles. The molecule has 162 valence electrons. The Labute approximate surface area is 178 Å². The maximum absolute atomic E-state index is 13.0. The highest BCUT2D eigenvalue weighted by molar-refractivity contribution is 7.92. The van der Waals surface area contributed by atoms with E-state index in [0.717, 1.165) is 0 Å². The number of anilines is 1. The molecule has 0 aromatic heterocycles. The summed E-state index contributed by atoms with van der Waals surface area (Å²) in [4.78, 5) is 24.1. The highest BCUT2D eigenvalue weighted by Gasteiger charge is 2.24. The summed E-state index contributed by atoms with van der Waals surface area (Å²) >= 11 is 0. The monoisotopic (exact) mass is 432 g/mol. The lowest BCUT2D eigenvalue weighted by Crippen LogP contribution is -2.38. The summed E-state index contributed by atoms with van der Waals surface area (Å²) in [5, 5.41) is 2.75. The number of carbonyl (C=O) groups excluding carboxylic acids is 2. The topological polar surface area (TPSA) is 92.8 Å². The fourth-order valence-electron chi connectivity index (χ4n) is 2.65. The van der Waals surface area contributed by atoms with Crippen LogP contribution in [0.3, 0.4) is 0 Å². The third-order valence-electron chi connectivity index (χ3n) is 4.73. The molecular formula is C22H28N2O5S. The first-order chi connectivity index (χ1) is 14.2. The number of nitrogens with zero attached hydrogens (tertiary/aromatic N) is 1. The first-order valence-corrected chi connectivity index (χ1v) is 11.2. The van der Waals surface area contributed by atoms with Crippen LogP contribution < -0.4 is 9.62 Å². The Bertz CT molecular complexity index is 957. The van der Waals surface area contributed by atoms with Crippen molar-refractivity contribution in [2.75, 3.05) is 17.5 Å². The summed E-state index contributed by atoms with van der Waals surface area (Å²) in [6.07, 6.45) is 0. The van der Waals surface area contributed by atoms with Crippen LogP contribution in [0.25, 0.3) is 0 Å². The van der Waals surface area contributed by atoms with E-state index in [1.54, 1.807) is 31.2 Å². The van der Waals surface area contributed by atoms with Gasteiger partial charge in [-0.25, -0.2) is 13.2 Å². The number of ether oxygens (including phenoxy) is 1. The van der Waals surface area contributed by atoms with E-state index >= 15 is 0 Å². The summed E-state index contributed by atoms with van der Waals surface area (Å²) < 4.78 is 32.3. The second kappa shape index (κ2) is 10.2. The van der Waals surface area contributed by atoms with E-state index in [9.17, 15) is 18.0 Å². The predicted octanol–water partition coefficient (Wildman–Crippen LogP) is 3.22. The fraction of sp³-hybridized carbons (Fsp3) is 0.364. The predicted molar refractivity (Wildman–Crippen MR) is 116 cm³/mol. The van der Waals surface area contributed by atoms with Crippen LogP contribution in [-0.2, 0) is 19.6 Å². The molecule has 0 spiro atoms. The van der Waals surface area contributed by atoms with Crippen molar-refractivity contribution in [3.8, 4) is 0 Å². The van der Waals surface area contributed by atoms with Crippen molar-refractivity contribution in [2.24, 2.45) is 5.92 Å². The van der Waals surface area contributed by atoms with Gasteiger partial charge in [-0.1, -0.05) is 32.0 Å². The Kier molecular flexibility index (Phi) is 8.00. The summed E-state index contributed by atoms with van der Waals surface area (Å²) in [7, 11) is -3.78. The van der Waals surface area contributed by atoms with Crippen LogP contribution >= 0.6 is 0 Å². The fourth-order valence-corrected chi connectivity index (χ4v) is 4.13. The van der Waals surface area contributed by atoms with Crippen LogP contribution in [0.4, 0.5) is 5.69 Å². The molecule has 2 aromatic rings. The molecule has 0 aliphatic rings. The molecule has 2 aromatic carbocycles. The van der Waals surface area contributed by atoms with Crippen molar-refractivity contribution in [2.45, 2.75) is 38.6 Å². The Morgan fingerprint density at radius 3 is 2.13 bits per heavy atom. The summed E-state index contributed by atoms with van der Waals surface area (Å²) in [5.74, 6) is -0.815. The van der Waals surface area contributed by atoms with Crippen LogP contribution in [0.5, 0.6) is 0 Å². The molecule has 30 heavy (non-hydrogen) atoms. The molecule has 0 saturated heterocycles. The van der Waals surface area contributed by atoms with Crippen molar-refractivity contribution in [3.63, 3.8) is 0 Å². The van der Waals surface area contributed by atoms with E-state index in [-0.39, 0.29) is 34.9 Å². The maximum atomic E-state index is 13.0. The number of hydrogen-bond acceptors (Lipinski definition) is 5. The van der Waals surface area contributed by atoms with Gasteiger partial charge in [0.15, 0.2) is 6.61 Å². The summed E-state index contributed by atoms with van der Waals surface area (Å²) in [5.41, 5.74) is 0.728. The molecule has 7 nitrogen and oxygen atoms in total. The van der Waals surface area contributed by atoms with Crippen LogP contribution in [0.2, 0.25) is 0 Å². The van der Waals surface area contributed by atoms with Crippen molar-refractivity contribution in [1.29, 1.82) is 0 Å². The van der Waals surface area contributed by atoms with Gasteiger partial charge in [-0.15, -0.1) is 0 Å². The third kappa shape index (κ3) is 5.82. The molecule has 2 rings (SSSR count). The van der Waals surface area contributed by atoms with Gasteiger partial charge in [0, 0.05) is 12.6 Å².